The van der Waals surface area contributed by atoms with E-state index in [0.717, 1.165) is 10.0 Å². The largest absolute Gasteiger partial charge is 0.234 e. The van der Waals surface area contributed by atoms with Crippen LogP contribution in [0, 0.1) is 0 Å². The van der Waals surface area contributed by atoms with Gasteiger partial charge in [-0.2, -0.15) is 4.40 Å². The highest BCUT2D eigenvalue weighted by Crippen LogP contribution is 2.19. The van der Waals surface area contributed by atoms with Crippen LogP contribution in [-0.4, -0.2) is 15.2 Å². The number of halogens is 2. The topological polar surface area (TPSA) is 29.4 Å². The lowest BCUT2D eigenvalue weighted by molar-refractivity contribution is 0.651. The van der Waals surface area contributed by atoms with Crippen molar-refractivity contribution in [3.63, 3.8) is 0 Å². The van der Waals surface area contributed by atoms with Gasteiger partial charge < -0.3 is 0 Å². The molecule has 0 saturated carbocycles. The fraction of sp³-hybridized carbons (Fsp3) is 0.364. The van der Waals surface area contributed by atoms with Gasteiger partial charge in [0.05, 0.1) is 4.75 Å². The lowest BCUT2D eigenvalue weighted by atomic mass is 10.2. The van der Waals surface area contributed by atoms with E-state index in [1.54, 1.807) is 18.3 Å². The van der Waals surface area contributed by atoms with Crippen molar-refractivity contribution in [3.8, 4) is 0 Å². The molecular formula is C11H13BrClNOS. The number of hydrogen-bond donors (Lipinski definition) is 0. The van der Waals surface area contributed by atoms with Crippen molar-refractivity contribution < 1.29 is 4.21 Å². The molecule has 0 radical (unpaired) electrons. The van der Waals surface area contributed by atoms with Crippen LogP contribution in [0.4, 0.5) is 0 Å². The molecule has 0 fully saturated rings. The quantitative estimate of drug-likeness (QED) is 0.757. The highest BCUT2D eigenvalue weighted by atomic mass is 79.9. The van der Waals surface area contributed by atoms with Gasteiger partial charge in [-0.25, -0.2) is 4.21 Å². The smallest absolute Gasteiger partial charge is 0.144 e. The number of nitrogens with zero attached hydrogens (tertiary/aromatic N) is 1. The van der Waals surface area contributed by atoms with Crippen molar-refractivity contribution in [2.24, 2.45) is 4.40 Å². The summed E-state index contributed by atoms with van der Waals surface area (Å²) >= 11 is 9.23. The molecule has 0 aliphatic carbocycles. The molecule has 0 aromatic heterocycles. The van der Waals surface area contributed by atoms with Gasteiger partial charge in [0.2, 0.25) is 0 Å². The van der Waals surface area contributed by atoms with Crippen molar-refractivity contribution in [1.29, 1.82) is 0 Å². The fourth-order valence-electron chi connectivity index (χ4n) is 0.917. The average Bonchev–Trinajstić information content (AvgIpc) is 2.11. The van der Waals surface area contributed by atoms with E-state index in [0.29, 0.717) is 5.02 Å². The second-order valence-electron chi connectivity index (χ2n) is 4.30. The van der Waals surface area contributed by atoms with Gasteiger partial charge in [0.25, 0.3) is 0 Å². The molecule has 0 spiro atoms. The van der Waals surface area contributed by atoms with Crippen molar-refractivity contribution >= 4 is 44.7 Å². The van der Waals surface area contributed by atoms with Crippen LogP contribution >= 0.6 is 27.5 Å². The van der Waals surface area contributed by atoms with Gasteiger partial charge in [0.15, 0.2) is 0 Å². The lowest BCUT2D eigenvalue weighted by Gasteiger charge is -2.12. The Kier molecular flexibility index (Phi) is 4.71. The van der Waals surface area contributed by atoms with Gasteiger partial charge in [0.1, 0.15) is 11.0 Å². The molecule has 1 aromatic rings. The fourth-order valence-corrected chi connectivity index (χ4v) is 2.34. The van der Waals surface area contributed by atoms with Gasteiger partial charge >= 0.3 is 0 Å². The lowest BCUT2D eigenvalue weighted by Crippen LogP contribution is -2.19. The Labute approximate surface area is 112 Å². The third-order valence-electron chi connectivity index (χ3n) is 1.71. The van der Waals surface area contributed by atoms with E-state index >= 15 is 0 Å². The molecular weight excluding hydrogens is 310 g/mol. The van der Waals surface area contributed by atoms with Gasteiger partial charge in [-0.1, -0.05) is 27.5 Å². The Balaban J connectivity index is 2.89. The van der Waals surface area contributed by atoms with E-state index in [4.69, 9.17) is 11.6 Å². The number of hydrogen-bond acceptors (Lipinski definition) is 1. The summed E-state index contributed by atoms with van der Waals surface area (Å²) < 4.78 is 16.2. The zero-order valence-electron chi connectivity index (χ0n) is 9.33. The minimum atomic E-state index is -1.24. The summed E-state index contributed by atoms with van der Waals surface area (Å²) in [6, 6.07) is 5.44. The molecule has 1 aromatic carbocycles. The minimum absolute atomic E-state index is 0.341. The summed E-state index contributed by atoms with van der Waals surface area (Å²) in [6.45, 7) is 5.65. The average molecular weight is 323 g/mol. The van der Waals surface area contributed by atoms with Crippen LogP contribution in [0.25, 0.3) is 0 Å². The standard InChI is InChI=1S/C11H13BrClNOS/c1-11(2,3)16(15)14-7-8-4-9(12)6-10(13)5-8/h4-7H,1-3H3/t16-/m0/s1. The molecule has 1 atom stereocenters. The molecule has 2 nitrogen and oxygen atoms in total. The molecule has 1 rings (SSSR count). The van der Waals surface area contributed by atoms with E-state index < -0.39 is 11.0 Å². The molecule has 0 amide bonds. The molecule has 0 unspecified atom stereocenters. The maximum absolute atomic E-state index is 11.7. The Hall–Kier alpha value is -0.190. The van der Waals surface area contributed by atoms with Crippen LogP contribution in [-0.2, 0) is 11.0 Å². The van der Waals surface area contributed by atoms with E-state index in [-0.39, 0.29) is 4.75 Å². The summed E-state index contributed by atoms with van der Waals surface area (Å²) in [5.74, 6) is 0. The van der Waals surface area contributed by atoms with E-state index in [2.05, 4.69) is 20.3 Å². The third kappa shape index (κ3) is 4.36. The first-order valence-corrected chi connectivity index (χ1v) is 6.99. The Morgan fingerprint density at radius 1 is 1.38 bits per heavy atom. The van der Waals surface area contributed by atoms with Gasteiger partial charge in [-0.05, 0) is 44.5 Å². The van der Waals surface area contributed by atoms with Crippen LogP contribution in [0.15, 0.2) is 27.1 Å². The molecule has 0 saturated heterocycles. The Morgan fingerprint density at radius 3 is 2.50 bits per heavy atom. The molecule has 88 valence electrons. The number of rotatable bonds is 2. The summed E-state index contributed by atoms with van der Waals surface area (Å²) in [4.78, 5) is 0. The Bertz CT molecular complexity index is 420. The monoisotopic (exact) mass is 321 g/mol. The van der Waals surface area contributed by atoms with Gasteiger partial charge in [-0.15, -0.1) is 0 Å². The molecule has 16 heavy (non-hydrogen) atoms. The summed E-state index contributed by atoms with van der Waals surface area (Å²) in [5.41, 5.74) is 0.831. The third-order valence-corrected chi connectivity index (χ3v) is 3.73. The highest BCUT2D eigenvalue weighted by molar-refractivity contribution is 9.10. The summed E-state index contributed by atoms with van der Waals surface area (Å²) in [6.07, 6.45) is 1.58. The van der Waals surface area contributed by atoms with E-state index in [1.807, 2.05) is 26.8 Å². The molecule has 0 bridgehead atoms. The molecule has 0 heterocycles. The van der Waals surface area contributed by atoms with Crippen LogP contribution in [0.5, 0.6) is 0 Å². The maximum Gasteiger partial charge on any atom is 0.144 e. The predicted octanol–water partition coefficient (Wildman–Crippen LogP) is 3.98. The van der Waals surface area contributed by atoms with Crippen LogP contribution in [0.3, 0.4) is 0 Å². The van der Waals surface area contributed by atoms with Gasteiger partial charge in [-0.3, -0.25) is 0 Å². The van der Waals surface area contributed by atoms with Crippen molar-refractivity contribution in [2.75, 3.05) is 0 Å². The zero-order chi connectivity index (χ0) is 12.3. The van der Waals surface area contributed by atoms with Crippen molar-refractivity contribution in [3.05, 3.63) is 33.3 Å². The Morgan fingerprint density at radius 2 is 2.00 bits per heavy atom. The van der Waals surface area contributed by atoms with Crippen molar-refractivity contribution in [1.82, 2.24) is 0 Å². The molecule has 0 aliphatic rings. The second-order valence-corrected chi connectivity index (χ2v) is 7.58. The van der Waals surface area contributed by atoms with Crippen LogP contribution < -0.4 is 0 Å². The number of benzene rings is 1. The summed E-state index contributed by atoms with van der Waals surface area (Å²) in [7, 11) is -1.24. The van der Waals surface area contributed by atoms with E-state index in [9.17, 15) is 4.21 Å². The first-order valence-electron chi connectivity index (χ1n) is 4.71. The normalized spacial score (nSPS) is 14.3. The first kappa shape index (κ1) is 13.9. The molecule has 0 aliphatic heterocycles. The summed E-state index contributed by atoms with van der Waals surface area (Å²) in [5, 5.41) is 0.623. The predicted molar refractivity (Wildman–Crippen MR) is 74.6 cm³/mol. The zero-order valence-corrected chi connectivity index (χ0v) is 12.5. The maximum atomic E-state index is 11.7. The molecule has 0 N–H and O–H groups in total. The minimum Gasteiger partial charge on any atom is -0.234 e. The van der Waals surface area contributed by atoms with Crippen LogP contribution in [0.2, 0.25) is 5.02 Å². The first-order chi connectivity index (χ1) is 7.29. The van der Waals surface area contributed by atoms with E-state index in [1.165, 1.54) is 0 Å². The SMILES string of the molecule is CC(C)(C)[S@](=O)N=Cc1cc(Cl)cc(Br)c1. The van der Waals surface area contributed by atoms with Gasteiger partial charge in [0, 0.05) is 15.7 Å². The highest BCUT2D eigenvalue weighted by Gasteiger charge is 2.18. The van der Waals surface area contributed by atoms with Crippen molar-refractivity contribution in [2.45, 2.75) is 25.5 Å². The molecule has 5 heteroatoms. The second kappa shape index (κ2) is 5.43. The van der Waals surface area contributed by atoms with Crippen LogP contribution in [0.1, 0.15) is 26.3 Å².